The topological polar surface area (TPSA) is 122 Å². The average Bonchev–Trinajstić information content (AvgIpc) is 3.52. The number of hydrogen-bond acceptors (Lipinski definition) is 8. The predicted molar refractivity (Wildman–Crippen MR) is 163 cm³/mol. The Morgan fingerprint density at radius 2 is 2.05 bits per heavy atom. The molecule has 0 fully saturated rings. The van der Waals surface area contributed by atoms with Crippen molar-refractivity contribution in [1.29, 1.82) is 0 Å². The summed E-state index contributed by atoms with van der Waals surface area (Å²) in [7, 11) is 15.6. The fraction of sp³-hybridized carbons (Fsp3) is 0.379. The summed E-state index contributed by atoms with van der Waals surface area (Å²) in [5, 5.41) is 10.6. The maximum absolute atomic E-state index is 14.7. The first-order valence-electron chi connectivity index (χ1n) is 13.8. The van der Waals surface area contributed by atoms with Crippen molar-refractivity contribution in [3.8, 4) is 28.3 Å². The van der Waals surface area contributed by atoms with E-state index in [4.69, 9.17) is 42.5 Å². The summed E-state index contributed by atoms with van der Waals surface area (Å²) in [5.41, 5.74) is 9.34. The molecule has 43 heavy (non-hydrogen) atoms. The van der Waals surface area contributed by atoms with Crippen molar-refractivity contribution in [1.82, 2.24) is 24.5 Å². The molecule has 1 unspecified atom stereocenters. The molecular formula is C29H31B2ClFN7O3. The molecule has 10 nitrogen and oxygen atoms in total. The van der Waals surface area contributed by atoms with Crippen LogP contribution in [-0.4, -0.2) is 59.0 Å². The second-order valence-electron chi connectivity index (χ2n) is 10.9. The number of aromatic nitrogens is 5. The Balaban J connectivity index is 1.70. The molecule has 5 rings (SSSR count). The molecule has 0 aliphatic carbocycles. The molecule has 2 bridgehead atoms. The first-order valence-corrected chi connectivity index (χ1v) is 14.2. The zero-order chi connectivity index (χ0) is 31.2. The monoisotopic (exact) mass is 601 g/mol. The lowest BCUT2D eigenvalue weighted by Gasteiger charge is -2.29. The number of esters is 1. The second kappa shape index (κ2) is 11.7. The maximum Gasteiger partial charge on any atom is 0.324 e. The summed E-state index contributed by atoms with van der Waals surface area (Å²) >= 11 is 6.73. The third kappa shape index (κ3) is 5.63. The quantitative estimate of drug-likeness (QED) is 0.193. The lowest BCUT2D eigenvalue weighted by Crippen LogP contribution is -2.37. The van der Waals surface area contributed by atoms with Crippen molar-refractivity contribution in [3.05, 3.63) is 64.3 Å². The largest absolute Gasteiger partial charge is 0.482 e. The summed E-state index contributed by atoms with van der Waals surface area (Å²) in [6.45, 7) is 7.59. The molecule has 0 saturated carbocycles. The Morgan fingerprint density at radius 1 is 1.30 bits per heavy atom. The molecular weight excluding hydrogens is 570 g/mol. The number of nitrogens with one attached hydrogen (secondary N) is 1. The number of carbonyl (C=O) groups is 1. The molecule has 2 atom stereocenters. The number of anilines is 1. The van der Waals surface area contributed by atoms with Gasteiger partial charge in [0.25, 0.3) is 0 Å². The van der Waals surface area contributed by atoms with Crippen LogP contribution in [0.1, 0.15) is 50.5 Å². The lowest BCUT2D eigenvalue weighted by molar-refractivity contribution is -0.145. The van der Waals surface area contributed by atoms with E-state index in [1.54, 1.807) is 47.9 Å². The number of hydrogen-bond donors (Lipinski definition) is 2. The van der Waals surface area contributed by atoms with Crippen molar-refractivity contribution in [3.63, 3.8) is 0 Å². The van der Waals surface area contributed by atoms with E-state index >= 15 is 0 Å². The Bertz CT molecular complexity index is 1690. The van der Waals surface area contributed by atoms with Gasteiger partial charge in [0.2, 0.25) is 0 Å². The van der Waals surface area contributed by atoms with Crippen LogP contribution in [0.2, 0.25) is 5.15 Å². The van der Waals surface area contributed by atoms with E-state index in [1.165, 1.54) is 12.1 Å². The minimum atomic E-state index is -1.67. The van der Waals surface area contributed by atoms with Crippen molar-refractivity contribution < 1.29 is 18.7 Å². The molecule has 3 aromatic heterocycles. The van der Waals surface area contributed by atoms with Crippen LogP contribution in [0.3, 0.4) is 0 Å². The van der Waals surface area contributed by atoms with Crippen LogP contribution in [0.15, 0.2) is 36.7 Å². The highest BCUT2D eigenvalue weighted by molar-refractivity contribution is 6.45. The number of fused-ring (bicyclic) bond motifs is 7. The van der Waals surface area contributed by atoms with Gasteiger partial charge in [-0.1, -0.05) is 25.4 Å². The molecule has 220 valence electrons. The van der Waals surface area contributed by atoms with Crippen molar-refractivity contribution in [2.45, 2.75) is 51.6 Å². The van der Waals surface area contributed by atoms with Gasteiger partial charge < -0.3 is 20.5 Å². The van der Waals surface area contributed by atoms with Gasteiger partial charge in [0, 0.05) is 48.2 Å². The van der Waals surface area contributed by atoms with Gasteiger partial charge in [0.1, 0.15) is 18.0 Å². The van der Waals surface area contributed by atoms with Gasteiger partial charge in [-0.3, -0.25) is 14.2 Å². The zero-order valence-corrected chi connectivity index (χ0v) is 25.3. The average molecular weight is 602 g/mol. The number of carbonyl (C=O) groups excluding carboxylic acids is 1. The van der Waals surface area contributed by atoms with Gasteiger partial charge in [-0.15, -0.1) is 0 Å². The van der Waals surface area contributed by atoms with Crippen molar-refractivity contribution in [2.24, 2.45) is 18.7 Å². The Hall–Kier alpha value is -3.83. The SMILES string of the molecule is [B]C1([B])c2cn(C)nc2-c2ccc(F)cc2[C@@H](C)Oc2cc(cnc2NCOC(=O)C(N)C(C)C)-c2c1c(Cl)nn2CC. The smallest absolute Gasteiger partial charge is 0.324 e. The molecule has 4 heterocycles. The van der Waals surface area contributed by atoms with Gasteiger partial charge >= 0.3 is 5.97 Å². The van der Waals surface area contributed by atoms with Crippen molar-refractivity contribution in [2.75, 3.05) is 12.0 Å². The number of pyridine rings is 1. The zero-order valence-electron chi connectivity index (χ0n) is 24.6. The normalized spacial score (nSPS) is 16.2. The lowest BCUT2D eigenvalue weighted by atomic mass is 9.47. The molecule has 0 amide bonds. The molecule has 14 heteroatoms. The number of benzene rings is 1. The summed E-state index contributed by atoms with van der Waals surface area (Å²) in [6.07, 6.45) is 2.61. The Morgan fingerprint density at radius 3 is 2.74 bits per heavy atom. The van der Waals surface area contributed by atoms with Crippen LogP contribution in [0.4, 0.5) is 10.2 Å². The van der Waals surface area contributed by atoms with Gasteiger partial charge in [0.15, 0.2) is 23.5 Å². The van der Waals surface area contributed by atoms with Gasteiger partial charge in [-0.05, 0) is 54.8 Å². The minimum Gasteiger partial charge on any atom is -0.482 e. The molecule has 4 radical (unpaired) electrons. The van der Waals surface area contributed by atoms with Crippen LogP contribution >= 0.6 is 11.6 Å². The highest BCUT2D eigenvalue weighted by Gasteiger charge is 2.37. The molecule has 1 aliphatic heterocycles. The van der Waals surface area contributed by atoms with Gasteiger partial charge in [-0.2, -0.15) is 10.2 Å². The number of nitrogens with two attached hydrogens (primary N) is 1. The summed E-state index contributed by atoms with van der Waals surface area (Å²) in [4.78, 5) is 16.9. The Kier molecular flexibility index (Phi) is 8.32. The van der Waals surface area contributed by atoms with E-state index < -0.39 is 29.1 Å². The van der Waals surface area contributed by atoms with E-state index in [0.29, 0.717) is 45.7 Å². The van der Waals surface area contributed by atoms with E-state index in [9.17, 15) is 9.18 Å². The summed E-state index contributed by atoms with van der Waals surface area (Å²) in [5.74, 6) is -0.543. The molecule has 1 aromatic carbocycles. The Labute approximate surface area is 256 Å². The summed E-state index contributed by atoms with van der Waals surface area (Å²) < 4.78 is 29.7. The highest BCUT2D eigenvalue weighted by Crippen LogP contribution is 2.45. The molecule has 0 spiro atoms. The first-order chi connectivity index (χ1) is 20.3. The van der Waals surface area contributed by atoms with Crippen LogP contribution < -0.4 is 15.8 Å². The van der Waals surface area contributed by atoms with Gasteiger partial charge in [0.05, 0.1) is 27.1 Å². The molecule has 0 saturated heterocycles. The van der Waals surface area contributed by atoms with E-state index in [1.807, 2.05) is 20.8 Å². The third-order valence-electron chi connectivity index (χ3n) is 7.48. The predicted octanol–water partition coefficient (Wildman–Crippen LogP) is 4.05. The molecule has 4 aromatic rings. The maximum atomic E-state index is 14.7. The number of ether oxygens (including phenoxy) is 2. The summed E-state index contributed by atoms with van der Waals surface area (Å²) in [6, 6.07) is 5.29. The fourth-order valence-corrected chi connectivity index (χ4v) is 5.46. The van der Waals surface area contributed by atoms with E-state index in [0.717, 1.165) is 0 Å². The van der Waals surface area contributed by atoms with Crippen LogP contribution in [0.25, 0.3) is 22.5 Å². The highest BCUT2D eigenvalue weighted by atomic mass is 35.5. The number of rotatable bonds is 6. The van der Waals surface area contributed by atoms with Crippen molar-refractivity contribution >= 4 is 39.1 Å². The fourth-order valence-electron chi connectivity index (χ4n) is 5.13. The second-order valence-corrected chi connectivity index (χ2v) is 11.2. The third-order valence-corrected chi connectivity index (χ3v) is 7.74. The van der Waals surface area contributed by atoms with E-state index in [2.05, 4.69) is 20.5 Å². The number of halogens is 2. The number of aryl methyl sites for hydroxylation is 2. The van der Waals surface area contributed by atoms with Crippen LogP contribution in [0.5, 0.6) is 5.75 Å². The standard InChI is InChI=1S/C29H31B2ClFN7O3/c1-6-40-25-16-9-21(27(35-11-16)36-13-42-28(41)23(34)14(2)3)43-15(4)19-10-17(33)7-8-18(19)24-20(12-39(5)37-24)29(30,31)22(25)26(32)38-40/h7-12,14-15,23H,6,13,34H2,1-5H3,(H,35,36)/t15-,23?/m1/s1. The minimum absolute atomic E-state index is 0.0926. The molecule has 1 aliphatic rings. The first kappa shape index (κ1) is 30.6. The number of nitrogens with zero attached hydrogens (tertiary/aromatic N) is 5. The van der Waals surface area contributed by atoms with Gasteiger partial charge in [-0.25, -0.2) is 9.37 Å². The van der Waals surface area contributed by atoms with Crippen LogP contribution in [-0.2, 0) is 28.3 Å². The van der Waals surface area contributed by atoms with Crippen LogP contribution in [0, 0.1) is 11.7 Å². The van der Waals surface area contributed by atoms with E-state index in [-0.39, 0.29) is 29.4 Å². The molecule has 3 N–H and O–H groups in total.